The van der Waals surface area contributed by atoms with Crippen LogP contribution in [0, 0.1) is 0 Å². The fourth-order valence-corrected chi connectivity index (χ4v) is 0.513. The Kier molecular flexibility index (Phi) is 3.95. The number of carbonyl (C=O) groups excluding carboxylic acids is 1. The highest BCUT2D eigenvalue weighted by atomic mass is 16.4. The summed E-state index contributed by atoms with van der Waals surface area (Å²) in [7, 11) is 0. The van der Waals surface area contributed by atoms with Crippen LogP contribution in [0.2, 0.25) is 0 Å². The number of carboxylic acid groups (broad SMARTS) is 1. The number of aliphatic carboxylic acids is 1. The summed E-state index contributed by atoms with van der Waals surface area (Å²) in [6, 6.07) is 0. The highest BCUT2D eigenvalue weighted by molar-refractivity contribution is 5.91. The van der Waals surface area contributed by atoms with Gasteiger partial charge < -0.3 is 10.8 Å². The van der Waals surface area contributed by atoms with Gasteiger partial charge in [0.25, 0.3) is 0 Å². The molecule has 0 aromatic carbocycles. The molecule has 0 aliphatic carbocycles. The molecule has 11 heavy (non-hydrogen) atoms. The summed E-state index contributed by atoms with van der Waals surface area (Å²) >= 11 is 0. The van der Waals surface area contributed by atoms with Crippen LogP contribution in [0.4, 0.5) is 0 Å². The lowest BCUT2D eigenvalue weighted by Crippen LogP contribution is -2.11. The van der Waals surface area contributed by atoms with Gasteiger partial charge in [-0.2, -0.15) is 0 Å². The predicted octanol–water partition coefficient (Wildman–Crippen LogP) is 0.283. The zero-order chi connectivity index (χ0) is 8.85. The highest BCUT2D eigenvalue weighted by Gasteiger charge is 1.97. The van der Waals surface area contributed by atoms with Crippen LogP contribution in [-0.2, 0) is 9.59 Å². The van der Waals surface area contributed by atoms with Gasteiger partial charge in [-0.05, 0) is 13.3 Å². The minimum Gasteiger partial charge on any atom is -0.481 e. The van der Waals surface area contributed by atoms with Crippen molar-refractivity contribution < 1.29 is 14.7 Å². The highest BCUT2D eigenvalue weighted by Crippen LogP contribution is 1.96. The lowest BCUT2D eigenvalue weighted by Gasteiger charge is -1.92. The number of amides is 1. The van der Waals surface area contributed by atoms with Crippen LogP contribution < -0.4 is 5.73 Å². The number of nitrogens with two attached hydrogens (primary N) is 1. The molecule has 4 heteroatoms. The van der Waals surface area contributed by atoms with E-state index in [1.165, 1.54) is 6.08 Å². The smallest absolute Gasteiger partial charge is 0.303 e. The molecule has 0 unspecified atom stereocenters. The van der Waals surface area contributed by atoms with Gasteiger partial charge in [0.05, 0.1) is 0 Å². The fourth-order valence-electron chi connectivity index (χ4n) is 0.513. The van der Waals surface area contributed by atoms with Gasteiger partial charge in [-0.15, -0.1) is 0 Å². The van der Waals surface area contributed by atoms with Crippen LogP contribution in [0.15, 0.2) is 11.6 Å². The maximum atomic E-state index is 10.4. The van der Waals surface area contributed by atoms with Gasteiger partial charge in [0, 0.05) is 12.0 Å². The van der Waals surface area contributed by atoms with E-state index < -0.39 is 11.9 Å². The third kappa shape index (κ3) is 5.14. The van der Waals surface area contributed by atoms with Crippen LogP contribution in [-0.4, -0.2) is 17.0 Å². The van der Waals surface area contributed by atoms with Crippen LogP contribution in [0.1, 0.15) is 19.8 Å². The molecule has 0 bridgehead atoms. The van der Waals surface area contributed by atoms with Gasteiger partial charge >= 0.3 is 5.97 Å². The first kappa shape index (κ1) is 9.68. The van der Waals surface area contributed by atoms with Gasteiger partial charge in [0.2, 0.25) is 5.91 Å². The van der Waals surface area contributed by atoms with Crippen molar-refractivity contribution in [1.82, 2.24) is 0 Å². The van der Waals surface area contributed by atoms with E-state index in [0.717, 1.165) is 0 Å². The van der Waals surface area contributed by atoms with Crippen LogP contribution in [0.25, 0.3) is 0 Å². The average Bonchev–Trinajstić information content (AvgIpc) is 1.86. The largest absolute Gasteiger partial charge is 0.481 e. The van der Waals surface area contributed by atoms with E-state index in [1.807, 2.05) is 0 Å². The number of carbonyl (C=O) groups is 2. The van der Waals surface area contributed by atoms with E-state index in [9.17, 15) is 9.59 Å². The fraction of sp³-hybridized carbons (Fsp3) is 0.429. The maximum Gasteiger partial charge on any atom is 0.303 e. The zero-order valence-corrected chi connectivity index (χ0v) is 6.33. The molecule has 0 rings (SSSR count). The molecular weight excluding hydrogens is 146 g/mol. The molecule has 0 spiro atoms. The van der Waals surface area contributed by atoms with Crippen molar-refractivity contribution in [2.24, 2.45) is 5.73 Å². The topological polar surface area (TPSA) is 80.4 Å². The molecule has 0 atom stereocenters. The Balaban J connectivity index is 3.74. The Morgan fingerprint density at radius 2 is 2.09 bits per heavy atom. The van der Waals surface area contributed by atoms with E-state index in [4.69, 9.17) is 10.8 Å². The summed E-state index contributed by atoms with van der Waals surface area (Å²) in [4.78, 5) is 20.4. The Hall–Kier alpha value is -1.32. The monoisotopic (exact) mass is 157 g/mol. The van der Waals surface area contributed by atoms with Crippen LogP contribution >= 0.6 is 0 Å². The van der Waals surface area contributed by atoms with Gasteiger partial charge in [-0.3, -0.25) is 9.59 Å². The van der Waals surface area contributed by atoms with Crippen molar-refractivity contribution >= 4 is 11.9 Å². The van der Waals surface area contributed by atoms with Crippen LogP contribution in [0.5, 0.6) is 0 Å². The molecule has 4 nitrogen and oxygen atoms in total. The van der Waals surface area contributed by atoms with E-state index in [0.29, 0.717) is 12.0 Å². The predicted molar refractivity (Wildman–Crippen MR) is 39.8 cm³/mol. The minimum absolute atomic E-state index is 0.0324. The van der Waals surface area contributed by atoms with Gasteiger partial charge in [0.1, 0.15) is 0 Å². The van der Waals surface area contributed by atoms with E-state index in [-0.39, 0.29) is 6.42 Å². The molecule has 0 saturated heterocycles. The summed E-state index contributed by atoms with van der Waals surface area (Å²) in [5, 5.41) is 8.22. The maximum absolute atomic E-state index is 10.4. The lowest BCUT2D eigenvalue weighted by atomic mass is 10.2. The Bertz CT molecular complexity index is 196. The van der Waals surface area contributed by atoms with Crippen molar-refractivity contribution in [2.75, 3.05) is 0 Å². The molecular formula is C7H11NO3. The molecule has 3 N–H and O–H groups in total. The van der Waals surface area contributed by atoms with Gasteiger partial charge in [0.15, 0.2) is 0 Å². The minimum atomic E-state index is -0.876. The Labute approximate surface area is 64.7 Å². The SMILES string of the molecule is CC(=CCCC(=O)O)C(N)=O. The molecule has 0 saturated carbocycles. The average molecular weight is 157 g/mol. The molecule has 0 aromatic heterocycles. The molecule has 0 aliphatic rings. The lowest BCUT2D eigenvalue weighted by molar-refractivity contribution is -0.136. The molecule has 0 heterocycles. The second kappa shape index (κ2) is 4.49. The van der Waals surface area contributed by atoms with E-state index in [2.05, 4.69) is 0 Å². The Morgan fingerprint density at radius 3 is 2.45 bits per heavy atom. The van der Waals surface area contributed by atoms with Crippen molar-refractivity contribution in [2.45, 2.75) is 19.8 Å². The summed E-state index contributed by atoms with van der Waals surface area (Å²) < 4.78 is 0. The number of rotatable bonds is 4. The first-order valence-corrected chi connectivity index (χ1v) is 3.22. The third-order valence-electron chi connectivity index (χ3n) is 1.20. The molecule has 62 valence electrons. The molecule has 0 radical (unpaired) electrons. The van der Waals surface area contributed by atoms with E-state index >= 15 is 0 Å². The number of hydrogen-bond donors (Lipinski definition) is 2. The molecule has 1 amide bonds. The normalized spacial score (nSPS) is 11.2. The number of allylic oxidation sites excluding steroid dienone is 1. The summed E-state index contributed by atoms with van der Waals surface area (Å²) in [6.45, 7) is 1.56. The number of primary amides is 1. The quantitative estimate of drug-likeness (QED) is 0.575. The first-order chi connectivity index (χ1) is 5.04. The van der Waals surface area contributed by atoms with Crippen molar-refractivity contribution in [3.63, 3.8) is 0 Å². The van der Waals surface area contributed by atoms with Gasteiger partial charge in [-0.25, -0.2) is 0 Å². The number of carboxylic acids is 1. The Morgan fingerprint density at radius 1 is 1.55 bits per heavy atom. The zero-order valence-electron chi connectivity index (χ0n) is 6.33. The molecule has 0 fully saturated rings. The van der Waals surface area contributed by atoms with Crippen molar-refractivity contribution in [3.8, 4) is 0 Å². The standard InChI is InChI=1S/C7H11NO3/c1-5(7(8)11)3-2-4-6(9)10/h3H,2,4H2,1H3,(H2,8,11)(H,9,10). The summed E-state index contributed by atoms with van der Waals surface area (Å²) in [5.41, 5.74) is 5.31. The second-order valence-corrected chi connectivity index (χ2v) is 2.18. The third-order valence-corrected chi connectivity index (χ3v) is 1.20. The van der Waals surface area contributed by atoms with Crippen LogP contribution in [0.3, 0.4) is 0 Å². The summed E-state index contributed by atoms with van der Waals surface area (Å²) in [6.07, 6.45) is 1.91. The molecule has 0 aromatic rings. The van der Waals surface area contributed by atoms with Gasteiger partial charge in [-0.1, -0.05) is 6.08 Å². The second-order valence-electron chi connectivity index (χ2n) is 2.18. The van der Waals surface area contributed by atoms with E-state index in [1.54, 1.807) is 6.92 Å². The van der Waals surface area contributed by atoms with Crippen molar-refractivity contribution in [1.29, 1.82) is 0 Å². The number of hydrogen-bond acceptors (Lipinski definition) is 2. The van der Waals surface area contributed by atoms with Crippen molar-refractivity contribution in [3.05, 3.63) is 11.6 Å². The molecule has 0 aliphatic heterocycles. The first-order valence-electron chi connectivity index (χ1n) is 3.22. The summed E-state index contributed by atoms with van der Waals surface area (Å²) in [5.74, 6) is -1.38.